The van der Waals surface area contributed by atoms with Crippen LogP contribution in [0.25, 0.3) is 0 Å². The molecule has 0 spiro atoms. The van der Waals surface area contributed by atoms with Crippen LogP contribution >= 0.6 is 0 Å². The standard InChI is InChI=1S/C11H15.Al.3H/c1-9(2)10(3)11-7-5-4-6-8-11;;;;/h4-10H,1H2,2-3H3;;;;. The maximum atomic E-state index is 4.01. The van der Waals surface area contributed by atoms with Crippen LogP contribution < -0.4 is 0 Å². The minimum atomic E-state index is 0. The van der Waals surface area contributed by atoms with Gasteiger partial charge >= 0.3 is 0 Å². The van der Waals surface area contributed by atoms with Crippen LogP contribution in [0, 0.1) is 12.8 Å². The summed E-state index contributed by atoms with van der Waals surface area (Å²) in [5, 5.41) is 0. The Kier molecular flexibility index (Phi) is 5.30. The number of benzene rings is 1. The molecule has 12 heavy (non-hydrogen) atoms. The summed E-state index contributed by atoms with van der Waals surface area (Å²) >= 11 is 0. The molecule has 0 aliphatic heterocycles. The molecule has 0 bridgehead atoms. The first-order valence-electron chi connectivity index (χ1n) is 4.10. The smallest absolute Gasteiger partial charge is 0.0622 e. The first kappa shape index (κ1) is 11.8. The van der Waals surface area contributed by atoms with E-state index in [2.05, 4.69) is 45.0 Å². The fourth-order valence-corrected chi connectivity index (χ4v) is 1.09. The van der Waals surface area contributed by atoms with Crippen molar-refractivity contribution in [3.8, 4) is 0 Å². The third kappa shape index (κ3) is 3.01. The Hall–Kier alpha value is -0.248. The zero-order valence-electron chi connectivity index (χ0n) is 7.25. The van der Waals surface area contributed by atoms with Crippen molar-refractivity contribution in [2.75, 3.05) is 0 Å². The van der Waals surface area contributed by atoms with Crippen molar-refractivity contribution in [3.05, 3.63) is 42.8 Å². The van der Waals surface area contributed by atoms with Crippen molar-refractivity contribution in [1.29, 1.82) is 0 Å². The predicted molar refractivity (Wildman–Crippen MR) is 59.3 cm³/mol. The van der Waals surface area contributed by atoms with Crippen LogP contribution in [0.1, 0.15) is 25.3 Å². The highest BCUT2D eigenvalue weighted by Crippen LogP contribution is 2.22. The fraction of sp³-hybridized carbons (Fsp3) is 0.364. The number of rotatable bonds is 2. The van der Waals surface area contributed by atoms with Crippen molar-refractivity contribution in [2.45, 2.75) is 19.8 Å². The molecule has 1 aromatic carbocycles. The molecule has 1 radical (unpaired) electrons. The zero-order valence-corrected chi connectivity index (χ0v) is 7.25. The SMILES string of the molecule is [AlH3].[CH2]C(C)C(C)c1ccccc1. The molecule has 0 saturated heterocycles. The molecule has 0 aliphatic rings. The lowest BCUT2D eigenvalue weighted by atomic mass is 9.91. The molecular weight excluding hydrogens is 159 g/mol. The molecule has 1 aromatic rings. The molecule has 0 fully saturated rings. The van der Waals surface area contributed by atoms with Gasteiger partial charge in [0.2, 0.25) is 0 Å². The second-order valence-electron chi connectivity index (χ2n) is 3.18. The van der Waals surface area contributed by atoms with Crippen molar-refractivity contribution < 1.29 is 0 Å². The molecular formula is C11H18Al. The monoisotopic (exact) mass is 177 g/mol. The lowest BCUT2D eigenvalue weighted by molar-refractivity contribution is 0.587. The van der Waals surface area contributed by atoms with E-state index in [1.54, 1.807) is 0 Å². The van der Waals surface area contributed by atoms with Crippen molar-refractivity contribution >= 4 is 17.4 Å². The van der Waals surface area contributed by atoms with Gasteiger partial charge in [-0.15, -0.1) is 0 Å². The van der Waals surface area contributed by atoms with E-state index in [0.717, 1.165) is 0 Å². The zero-order chi connectivity index (χ0) is 8.27. The molecule has 0 aliphatic carbocycles. The van der Waals surface area contributed by atoms with E-state index in [9.17, 15) is 0 Å². The quantitative estimate of drug-likeness (QED) is 0.607. The van der Waals surface area contributed by atoms with Crippen LogP contribution in [0.5, 0.6) is 0 Å². The van der Waals surface area contributed by atoms with Gasteiger partial charge in [0.25, 0.3) is 0 Å². The van der Waals surface area contributed by atoms with E-state index in [1.165, 1.54) is 5.56 Å². The van der Waals surface area contributed by atoms with Gasteiger partial charge in [0.1, 0.15) is 0 Å². The summed E-state index contributed by atoms with van der Waals surface area (Å²) in [6.07, 6.45) is 0. The fourth-order valence-electron chi connectivity index (χ4n) is 1.09. The van der Waals surface area contributed by atoms with Crippen molar-refractivity contribution in [1.82, 2.24) is 0 Å². The molecule has 0 amide bonds. The largest absolute Gasteiger partial charge is 0.187 e. The van der Waals surface area contributed by atoms with Gasteiger partial charge in [-0.1, -0.05) is 44.2 Å². The first-order valence-corrected chi connectivity index (χ1v) is 4.10. The van der Waals surface area contributed by atoms with Crippen LogP contribution in [0.2, 0.25) is 0 Å². The second-order valence-corrected chi connectivity index (χ2v) is 3.18. The molecule has 0 N–H and O–H groups in total. The molecule has 1 rings (SSSR count). The van der Waals surface area contributed by atoms with Gasteiger partial charge in [-0.2, -0.15) is 0 Å². The summed E-state index contributed by atoms with van der Waals surface area (Å²) in [6.45, 7) is 8.38. The summed E-state index contributed by atoms with van der Waals surface area (Å²) in [5.74, 6) is 1.05. The molecule has 0 aromatic heterocycles. The van der Waals surface area contributed by atoms with Crippen LogP contribution in [0.3, 0.4) is 0 Å². The maximum Gasteiger partial charge on any atom is 0.187 e. The van der Waals surface area contributed by atoms with Crippen LogP contribution in [-0.2, 0) is 0 Å². The van der Waals surface area contributed by atoms with E-state index in [4.69, 9.17) is 0 Å². The number of hydrogen-bond donors (Lipinski definition) is 0. The average molecular weight is 177 g/mol. The third-order valence-corrected chi connectivity index (χ3v) is 2.18. The van der Waals surface area contributed by atoms with Gasteiger partial charge in [0, 0.05) is 0 Å². The van der Waals surface area contributed by atoms with Gasteiger partial charge in [-0.05, 0) is 24.3 Å². The van der Waals surface area contributed by atoms with Gasteiger partial charge in [0.15, 0.2) is 17.4 Å². The normalized spacial score (nSPS) is 12.3. The Labute approximate surface area is 86.1 Å². The van der Waals surface area contributed by atoms with Gasteiger partial charge < -0.3 is 0 Å². The van der Waals surface area contributed by atoms with E-state index >= 15 is 0 Å². The Bertz CT molecular complexity index is 204. The average Bonchev–Trinajstić information content (AvgIpc) is 2.05. The third-order valence-electron chi connectivity index (χ3n) is 2.18. The van der Waals surface area contributed by atoms with E-state index < -0.39 is 0 Å². The molecule has 2 atom stereocenters. The highest BCUT2D eigenvalue weighted by atomic mass is 27.0. The number of hydrogen-bond acceptors (Lipinski definition) is 0. The lowest BCUT2D eigenvalue weighted by Crippen LogP contribution is -2.01. The van der Waals surface area contributed by atoms with E-state index in [0.29, 0.717) is 11.8 Å². The molecule has 0 saturated carbocycles. The summed E-state index contributed by atoms with van der Waals surface area (Å²) in [6, 6.07) is 10.5. The van der Waals surface area contributed by atoms with Crippen LogP contribution in [0.15, 0.2) is 30.3 Å². The van der Waals surface area contributed by atoms with Crippen molar-refractivity contribution in [2.24, 2.45) is 5.92 Å². The minimum absolute atomic E-state index is 0. The topological polar surface area (TPSA) is 0 Å². The van der Waals surface area contributed by atoms with Gasteiger partial charge in [-0.3, -0.25) is 0 Å². The van der Waals surface area contributed by atoms with Gasteiger partial charge in [-0.25, -0.2) is 0 Å². The Balaban J connectivity index is 0.00000121. The van der Waals surface area contributed by atoms with Crippen molar-refractivity contribution in [3.63, 3.8) is 0 Å². The lowest BCUT2D eigenvalue weighted by Gasteiger charge is -2.14. The van der Waals surface area contributed by atoms with Crippen LogP contribution in [0.4, 0.5) is 0 Å². The summed E-state index contributed by atoms with van der Waals surface area (Å²) in [7, 11) is 0. The Morgan fingerprint density at radius 1 is 1.08 bits per heavy atom. The summed E-state index contributed by atoms with van der Waals surface area (Å²) < 4.78 is 0. The highest BCUT2D eigenvalue weighted by molar-refractivity contribution is 5.75. The molecule has 0 nitrogen and oxygen atoms in total. The first-order chi connectivity index (χ1) is 5.22. The summed E-state index contributed by atoms with van der Waals surface area (Å²) in [4.78, 5) is 0. The van der Waals surface area contributed by atoms with E-state index in [1.807, 2.05) is 6.07 Å². The molecule has 0 heterocycles. The van der Waals surface area contributed by atoms with Crippen LogP contribution in [-0.4, -0.2) is 17.4 Å². The minimum Gasteiger partial charge on any atom is -0.0622 e. The molecule has 1 heteroatoms. The second kappa shape index (κ2) is 5.41. The highest BCUT2D eigenvalue weighted by Gasteiger charge is 2.07. The predicted octanol–water partition coefficient (Wildman–Crippen LogP) is 2.08. The molecule has 65 valence electrons. The van der Waals surface area contributed by atoms with Gasteiger partial charge in [0.05, 0.1) is 0 Å². The van der Waals surface area contributed by atoms with E-state index in [-0.39, 0.29) is 17.4 Å². The molecule has 2 unspecified atom stereocenters. The maximum absolute atomic E-state index is 4.01. The summed E-state index contributed by atoms with van der Waals surface area (Å²) in [5.41, 5.74) is 1.38. The Morgan fingerprint density at radius 3 is 2.00 bits per heavy atom. The Morgan fingerprint density at radius 2 is 1.58 bits per heavy atom.